The molecular formula is C13H14BrF2NO. The van der Waals surface area contributed by atoms with E-state index in [1.165, 1.54) is 0 Å². The Bertz CT molecular complexity index is 449. The zero-order valence-corrected chi connectivity index (χ0v) is 11.4. The van der Waals surface area contributed by atoms with Crippen molar-refractivity contribution in [3.8, 4) is 0 Å². The molecule has 0 saturated heterocycles. The van der Waals surface area contributed by atoms with E-state index < -0.39 is 17.5 Å². The Kier molecular flexibility index (Phi) is 4.32. The zero-order valence-electron chi connectivity index (χ0n) is 9.83. The molecule has 1 aliphatic carbocycles. The third kappa shape index (κ3) is 2.71. The van der Waals surface area contributed by atoms with Crippen LogP contribution in [0.2, 0.25) is 0 Å². The normalized spacial score (nSPS) is 15.3. The molecule has 1 aromatic rings. The number of amides is 1. The van der Waals surface area contributed by atoms with E-state index >= 15 is 0 Å². The maximum absolute atomic E-state index is 13.6. The van der Waals surface area contributed by atoms with Crippen LogP contribution >= 0.6 is 15.9 Å². The van der Waals surface area contributed by atoms with Crippen molar-refractivity contribution in [2.45, 2.75) is 25.3 Å². The summed E-state index contributed by atoms with van der Waals surface area (Å²) in [5.74, 6) is -1.68. The molecule has 1 amide bonds. The number of carbonyl (C=O) groups excluding carboxylic acids is 1. The fourth-order valence-electron chi connectivity index (χ4n) is 2.06. The van der Waals surface area contributed by atoms with Crippen LogP contribution in [0.3, 0.4) is 0 Å². The van der Waals surface area contributed by atoms with Crippen LogP contribution in [0.1, 0.15) is 29.6 Å². The van der Waals surface area contributed by atoms with Gasteiger partial charge < -0.3 is 4.90 Å². The minimum Gasteiger partial charge on any atom is -0.335 e. The van der Waals surface area contributed by atoms with Crippen molar-refractivity contribution in [3.63, 3.8) is 0 Å². The molecule has 1 aromatic carbocycles. The molecule has 1 aliphatic rings. The van der Waals surface area contributed by atoms with Crippen LogP contribution in [0, 0.1) is 11.6 Å². The maximum atomic E-state index is 13.6. The summed E-state index contributed by atoms with van der Waals surface area (Å²) in [4.78, 5) is 13.9. The number of carbonyl (C=O) groups is 1. The molecule has 1 fully saturated rings. The summed E-state index contributed by atoms with van der Waals surface area (Å²) in [7, 11) is 0. The Morgan fingerprint density at radius 1 is 1.39 bits per heavy atom. The van der Waals surface area contributed by atoms with Crippen molar-refractivity contribution in [2.24, 2.45) is 0 Å². The topological polar surface area (TPSA) is 20.3 Å². The highest BCUT2D eigenvalue weighted by molar-refractivity contribution is 9.09. The van der Waals surface area contributed by atoms with Crippen LogP contribution in [0.5, 0.6) is 0 Å². The van der Waals surface area contributed by atoms with E-state index in [4.69, 9.17) is 0 Å². The average molecular weight is 318 g/mol. The molecule has 0 heterocycles. The van der Waals surface area contributed by atoms with Crippen LogP contribution in [0.15, 0.2) is 18.2 Å². The average Bonchev–Trinajstić information content (AvgIpc) is 2.28. The first-order valence-electron chi connectivity index (χ1n) is 5.95. The van der Waals surface area contributed by atoms with Gasteiger partial charge in [0.05, 0.1) is 5.56 Å². The number of halogens is 3. The summed E-state index contributed by atoms with van der Waals surface area (Å²) in [6.45, 7) is 0.513. The van der Waals surface area contributed by atoms with E-state index in [1.54, 1.807) is 4.90 Å². The van der Waals surface area contributed by atoms with Crippen molar-refractivity contribution in [2.75, 3.05) is 11.9 Å². The Balaban J connectivity index is 2.23. The third-order valence-corrected chi connectivity index (χ3v) is 3.62. The minimum atomic E-state index is -0.666. The first-order valence-corrected chi connectivity index (χ1v) is 7.07. The van der Waals surface area contributed by atoms with Crippen LogP contribution < -0.4 is 0 Å². The summed E-state index contributed by atoms with van der Waals surface area (Å²) in [5, 5.41) is 0.631. The monoisotopic (exact) mass is 317 g/mol. The lowest BCUT2D eigenvalue weighted by Gasteiger charge is -2.37. The first kappa shape index (κ1) is 13.5. The maximum Gasteiger partial charge on any atom is 0.257 e. The van der Waals surface area contributed by atoms with Crippen molar-refractivity contribution in [3.05, 3.63) is 35.4 Å². The van der Waals surface area contributed by atoms with Gasteiger partial charge in [0.1, 0.15) is 11.6 Å². The molecule has 0 atom stereocenters. The van der Waals surface area contributed by atoms with Gasteiger partial charge in [-0.05, 0) is 37.5 Å². The quantitative estimate of drug-likeness (QED) is 0.780. The summed E-state index contributed by atoms with van der Waals surface area (Å²) in [6.07, 6.45) is 2.97. The van der Waals surface area contributed by atoms with Gasteiger partial charge in [0, 0.05) is 17.9 Å². The molecule has 0 aromatic heterocycles. The second kappa shape index (κ2) is 5.78. The molecule has 0 N–H and O–H groups in total. The van der Waals surface area contributed by atoms with Gasteiger partial charge in [-0.25, -0.2) is 8.78 Å². The molecular weight excluding hydrogens is 304 g/mol. The van der Waals surface area contributed by atoms with E-state index in [-0.39, 0.29) is 11.6 Å². The van der Waals surface area contributed by atoms with E-state index in [0.717, 1.165) is 37.5 Å². The van der Waals surface area contributed by atoms with Gasteiger partial charge in [0.25, 0.3) is 5.91 Å². The van der Waals surface area contributed by atoms with E-state index in [1.807, 2.05) is 0 Å². The summed E-state index contributed by atoms with van der Waals surface area (Å²) >= 11 is 3.28. The Hall–Kier alpha value is -0.970. The SMILES string of the molecule is O=C(c1cc(F)ccc1F)N(CCBr)C1CCC1. The molecule has 2 nitrogen and oxygen atoms in total. The molecule has 0 bridgehead atoms. The lowest BCUT2D eigenvalue weighted by Crippen LogP contribution is -2.45. The predicted octanol–water partition coefficient (Wildman–Crippen LogP) is 3.35. The van der Waals surface area contributed by atoms with Gasteiger partial charge in [0.15, 0.2) is 0 Å². The Labute approximate surface area is 113 Å². The van der Waals surface area contributed by atoms with E-state index in [9.17, 15) is 13.6 Å². The minimum absolute atomic E-state index is 0.165. The zero-order chi connectivity index (χ0) is 13.1. The summed E-state index contributed by atoms with van der Waals surface area (Å²) in [5.41, 5.74) is -0.178. The standard InChI is InChI=1S/C13H14BrF2NO/c14-6-7-17(10-2-1-3-10)13(18)11-8-9(15)4-5-12(11)16/h4-5,8,10H,1-3,6-7H2. The number of hydrogen-bond donors (Lipinski definition) is 0. The van der Waals surface area contributed by atoms with Gasteiger partial charge in [-0.3, -0.25) is 4.79 Å². The first-order chi connectivity index (χ1) is 8.63. The van der Waals surface area contributed by atoms with Crippen molar-refractivity contribution in [1.29, 1.82) is 0 Å². The molecule has 18 heavy (non-hydrogen) atoms. The molecule has 2 rings (SSSR count). The van der Waals surface area contributed by atoms with Crippen LogP contribution in [0.25, 0.3) is 0 Å². The van der Waals surface area contributed by atoms with E-state index in [2.05, 4.69) is 15.9 Å². The third-order valence-electron chi connectivity index (χ3n) is 3.26. The van der Waals surface area contributed by atoms with E-state index in [0.29, 0.717) is 11.9 Å². The number of rotatable bonds is 4. The van der Waals surface area contributed by atoms with Gasteiger partial charge in [-0.15, -0.1) is 0 Å². The molecule has 1 saturated carbocycles. The van der Waals surface area contributed by atoms with Crippen molar-refractivity contribution in [1.82, 2.24) is 4.90 Å². The smallest absolute Gasteiger partial charge is 0.257 e. The predicted molar refractivity (Wildman–Crippen MR) is 68.8 cm³/mol. The molecule has 0 aliphatic heterocycles. The number of benzene rings is 1. The molecule has 0 spiro atoms. The fourth-order valence-corrected chi connectivity index (χ4v) is 2.44. The molecule has 0 radical (unpaired) electrons. The highest BCUT2D eigenvalue weighted by atomic mass is 79.9. The van der Waals surface area contributed by atoms with Gasteiger partial charge in [-0.2, -0.15) is 0 Å². The highest BCUT2D eigenvalue weighted by Gasteiger charge is 2.30. The van der Waals surface area contributed by atoms with Gasteiger partial charge >= 0.3 is 0 Å². The number of alkyl halides is 1. The highest BCUT2D eigenvalue weighted by Crippen LogP contribution is 2.27. The van der Waals surface area contributed by atoms with Gasteiger partial charge in [0.2, 0.25) is 0 Å². The van der Waals surface area contributed by atoms with Crippen LogP contribution in [-0.4, -0.2) is 28.7 Å². The lowest BCUT2D eigenvalue weighted by atomic mass is 9.91. The van der Waals surface area contributed by atoms with Gasteiger partial charge in [-0.1, -0.05) is 15.9 Å². The van der Waals surface area contributed by atoms with Crippen molar-refractivity contribution >= 4 is 21.8 Å². The fraction of sp³-hybridized carbons (Fsp3) is 0.462. The number of hydrogen-bond acceptors (Lipinski definition) is 1. The largest absolute Gasteiger partial charge is 0.335 e. The summed E-state index contributed by atoms with van der Waals surface area (Å²) in [6, 6.07) is 3.15. The Morgan fingerprint density at radius 2 is 2.11 bits per heavy atom. The summed E-state index contributed by atoms with van der Waals surface area (Å²) < 4.78 is 26.7. The molecule has 5 heteroatoms. The Morgan fingerprint density at radius 3 is 2.67 bits per heavy atom. The number of nitrogens with zero attached hydrogens (tertiary/aromatic N) is 1. The molecule has 0 unspecified atom stereocenters. The second-order valence-corrected chi connectivity index (χ2v) is 5.19. The van der Waals surface area contributed by atoms with Crippen LogP contribution in [-0.2, 0) is 0 Å². The lowest BCUT2D eigenvalue weighted by molar-refractivity contribution is 0.0594. The van der Waals surface area contributed by atoms with Crippen molar-refractivity contribution < 1.29 is 13.6 Å². The second-order valence-electron chi connectivity index (χ2n) is 4.40. The van der Waals surface area contributed by atoms with Crippen LogP contribution in [0.4, 0.5) is 8.78 Å². The molecule has 98 valence electrons.